The van der Waals surface area contributed by atoms with Gasteiger partial charge in [0.15, 0.2) is 5.78 Å². The molecule has 5 heteroatoms. The van der Waals surface area contributed by atoms with Crippen LogP contribution >= 0.6 is 38.5 Å². The highest BCUT2D eigenvalue weighted by atomic mass is 127. The Labute approximate surface area is 131 Å². The maximum atomic E-state index is 13.5. The summed E-state index contributed by atoms with van der Waals surface area (Å²) >= 11 is 5.30. The van der Waals surface area contributed by atoms with Gasteiger partial charge < -0.3 is 0 Å². The van der Waals surface area contributed by atoms with Gasteiger partial charge in [0.2, 0.25) is 0 Å². The molecule has 0 spiro atoms. The summed E-state index contributed by atoms with van der Waals surface area (Å²) in [6.07, 6.45) is -0.287. The molecule has 2 rings (SSSR count). The Hall–Kier alpha value is -0.820. The van der Waals surface area contributed by atoms with Crippen LogP contribution in [0, 0.1) is 15.2 Å². The third-order valence-electron chi connectivity index (χ3n) is 2.63. The summed E-state index contributed by atoms with van der Waals surface area (Å²) in [6, 6.07) is 8.82. The summed E-state index contributed by atoms with van der Waals surface area (Å²) in [5.41, 5.74) is 0.265. The first-order valence-corrected chi connectivity index (χ1v) is 7.27. The molecule has 0 fully saturated rings. The highest BCUT2D eigenvalue weighted by Gasteiger charge is 2.16. The fourth-order valence-corrected chi connectivity index (χ4v) is 2.67. The van der Waals surface area contributed by atoms with Crippen LogP contribution in [0.3, 0.4) is 0 Å². The van der Waals surface area contributed by atoms with Gasteiger partial charge in [-0.15, -0.1) is 0 Å². The quantitative estimate of drug-likeness (QED) is 0.501. The number of halogens is 4. The lowest BCUT2D eigenvalue weighted by atomic mass is 10.0. The van der Waals surface area contributed by atoms with Gasteiger partial charge in [-0.1, -0.05) is 22.0 Å². The second-order valence-electron chi connectivity index (χ2n) is 3.92. The Morgan fingerprint density at radius 1 is 1.16 bits per heavy atom. The van der Waals surface area contributed by atoms with Crippen LogP contribution < -0.4 is 0 Å². The SMILES string of the molecule is O=C(Cc1c(F)cccc1F)c1cc(Br)ccc1I. The van der Waals surface area contributed by atoms with E-state index in [9.17, 15) is 13.6 Å². The van der Waals surface area contributed by atoms with Crippen molar-refractivity contribution < 1.29 is 13.6 Å². The highest BCUT2D eigenvalue weighted by Crippen LogP contribution is 2.21. The van der Waals surface area contributed by atoms with Crippen molar-refractivity contribution in [2.45, 2.75) is 6.42 Å². The largest absolute Gasteiger partial charge is 0.294 e. The molecule has 0 heterocycles. The molecule has 0 unspecified atom stereocenters. The Morgan fingerprint density at radius 3 is 2.42 bits per heavy atom. The first-order valence-electron chi connectivity index (χ1n) is 5.40. The smallest absolute Gasteiger partial charge is 0.168 e. The van der Waals surface area contributed by atoms with Crippen LogP contribution in [0.4, 0.5) is 8.78 Å². The maximum absolute atomic E-state index is 13.5. The van der Waals surface area contributed by atoms with Crippen LogP contribution in [0.5, 0.6) is 0 Å². The number of hydrogen-bond acceptors (Lipinski definition) is 1. The van der Waals surface area contributed by atoms with Gasteiger partial charge in [0.25, 0.3) is 0 Å². The minimum atomic E-state index is -0.696. The molecule has 0 amide bonds. The lowest BCUT2D eigenvalue weighted by Gasteiger charge is -2.06. The standard InChI is InChI=1S/C14H8BrF2IO/c15-8-4-5-13(18)10(6-8)14(19)7-9-11(16)2-1-3-12(9)17/h1-6H,7H2. The van der Waals surface area contributed by atoms with Crippen LogP contribution in [-0.2, 0) is 6.42 Å². The predicted octanol–water partition coefficient (Wildman–Crippen LogP) is 4.76. The summed E-state index contributed by atoms with van der Waals surface area (Å²) in [5, 5.41) is 0. The summed E-state index contributed by atoms with van der Waals surface area (Å²) in [7, 11) is 0. The molecule has 0 radical (unpaired) electrons. The van der Waals surface area contributed by atoms with Crippen molar-refractivity contribution in [3.05, 3.63) is 67.2 Å². The summed E-state index contributed by atoms with van der Waals surface area (Å²) in [4.78, 5) is 12.1. The van der Waals surface area contributed by atoms with E-state index in [-0.39, 0.29) is 17.8 Å². The Kier molecular flexibility index (Phi) is 4.67. The molecule has 1 nitrogen and oxygen atoms in total. The number of carbonyl (C=O) groups excluding carboxylic acids is 1. The fourth-order valence-electron chi connectivity index (χ4n) is 1.67. The zero-order valence-electron chi connectivity index (χ0n) is 9.59. The normalized spacial score (nSPS) is 10.5. The second kappa shape index (κ2) is 6.09. The lowest BCUT2D eigenvalue weighted by Crippen LogP contribution is -2.09. The molecular weight excluding hydrogens is 429 g/mol. The molecule has 0 atom stereocenters. The van der Waals surface area contributed by atoms with Crippen molar-refractivity contribution in [3.8, 4) is 0 Å². The third kappa shape index (κ3) is 3.39. The molecule has 19 heavy (non-hydrogen) atoms. The van der Waals surface area contributed by atoms with Crippen LogP contribution in [-0.4, -0.2) is 5.78 Å². The number of ketones is 1. The van der Waals surface area contributed by atoms with Gasteiger partial charge in [-0.05, 0) is 52.9 Å². The summed E-state index contributed by atoms with van der Waals surface area (Å²) in [6.45, 7) is 0. The van der Waals surface area contributed by atoms with Gasteiger partial charge >= 0.3 is 0 Å². The molecule has 98 valence electrons. The lowest BCUT2D eigenvalue weighted by molar-refractivity contribution is 0.0989. The van der Waals surface area contributed by atoms with Crippen molar-refractivity contribution in [2.75, 3.05) is 0 Å². The average molecular weight is 437 g/mol. The van der Waals surface area contributed by atoms with Gasteiger partial charge in [-0.25, -0.2) is 8.78 Å². The average Bonchev–Trinajstić information content (AvgIpc) is 2.37. The molecule has 0 N–H and O–H groups in total. The Balaban J connectivity index is 2.34. The summed E-state index contributed by atoms with van der Waals surface area (Å²) in [5.74, 6) is -1.70. The van der Waals surface area contributed by atoms with Crippen LogP contribution in [0.1, 0.15) is 15.9 Å². The van der Waals surface area contributed by atoms with Crippen molar-refractivity contribution in [1.82, 2.24) is 0 Å². The first kappa shape index (κ1) is 14.6. The number of hydrogen-bond donors (Lipinski definition) is 0. The Bertz CT molecular complexity index is 623. The zero-order chi connectivity index (χ0) is 14.0. The van der Waals surface area contributed by atoms with Crippen LogP contribution in [0.15, 0.2) is 40.9 Å². The van der Waals surface area contributed by atoms with Crippen molar-refractivity contribution >= 4 is 44.3 Å². The first-order chi connectivity index (χ1) is 8.99. The molecule has 2 aromatic rings. The van der Waals surface area contributed by atoms with Crippen LogP contribution in [0.2, 0.25) is 0 Å². The van der Waals surface area contributed by atoms with E-state index < -0.39 is 11.6 Å². The van der Waals surface area contributed by atoms with E-state index in [1.165, 1.54) is 6.07 Å². The highest BCUT2D eigenvalue weighted by molar-refractivity contribution is 14.1. The number of carbonyl (C=O) groups is 1. The van der Waals surface area contributed by atoms with Crippen molar-refractivity contribution in [3.63, 3.8) is 0 Å². The monoisotopic (exact) mass is 436 g/mol. The van der Waals surface area contributed by atoms with Gasteiger partial charge in [0.1, 0.15) is 11.6 Å². The topological polar surface area (TPSA) is 17.1 Å². The molecule has 0 saturated heterocycles. The summed E-state index contributed by atoms with van der Waals surface area (Å²) < 4.78 is 28.5. The minimum Gasteiger partial charge on any atom is -0.294 e. The molecule has 0 aliphatic carbocycles. The van der Waals surface area contributed by atoms with Crippen LogP contribution in [0.25, 0.3) is 0 Å². The van der Waals surface area contributed by atoms with E-state index >= 15 is 0 Å². The van der Waals surface area contributed by atoms with Gasteiger partial charge in [0, 0.05) is 25.6 Å². The molecule has 0 aliphatic rings. The minimum absolute atomic E-state index is 0.191. The van der Waals surface area contributed by atoms with E-state index in [4.69, 9.17) is 0 Å². The molecule has 0 bridgehead atoms. The zero-order valence-corrected chi connectivity index (χ0v) is 13.3. The number of rotatable bonds is 3. The fraction of sp³-hybridized carbons (Fsp3) is 0.0714. The predicted molar refractivity (Wildman–Crippen MR) is 81.3 cm³/mol. The Morgan fingerprint density at radius 2 is 1.79 bits per heavy atom. The molecule has 0 saturated carbocycles. The molecule has 0 aliphatic heterocycles. The van der Waals surface area contributed by atoms with Gasteiger partial charge in [0.05, 0.1) is 0 Å². The van der Waals surface area contributed by atoms with Crippen molar-refractivity contribution in [2.24, 2.45) is 0 Å². The number of benzene rings is 2. The molecular formula is C14H8BrF2IO. The van der Waals surface area contributed by atoms with Gasteiger partial charge in [-0.2, -0.15) is 0 Å². The van der Waals surface area contributed by atoms with E-state index in [0.29, 0.717) is 5.56 Å². The number of Topliss-reactive ketones (excluding diaryl/α,β-unsaturated/α-hetero) is 1. The van der Waals surface area contributed by atoms with Crippen molar-refractivity contribution in [1.29, 1.82) is 0 Å². The third-order valence-corrected chi connectivity index (χ3v) is 4.06. The van der Waals surface area contributed by atoms with E-state index in [1.54, 1.807) is 12.1 Å². The molecule has 2 aromatic carbocycles. The van der Waals surface area contributed by atoms with E-state index in [1.807, 2.05) is 28.7 Å². The van der Waals surface area contributed by atoms with E-state index in [0.717, 1.165) is 20.2 Å². The second-order valence-corrected chi connectivity index (χ2v) is 6.00. The van der Waals surface area contributed by atoms with Gasteiger partial charge in [-0.3, -0.25) is 4.79 Å². The maximum Gasteiger partial charge on any atom is 0.168 e. The van der Waals surface area contributed by atoms with E-state index in [2.05, 4.69) is 15.9 Å². The molecule has 0 aromatic heterocycles.